The van der Waals surface area contributed by atoms with E-state index in [1.165, 1.54) is 24.6 Å². The zero-order valence-electron chi connectivity index (χ0n) is 5.18. The largest absolute Gasteiger partial charge is 0.0607 e. The van der Waals surface area contributed by atoms with Crippen LogP contribution in [0.15, 0.2) is 29.4 Å². The van der Waals surface area contributed by atoms with Crippen molar-refractivity contribution in [1.29, 1.82) is 0 Å². The van der Waals surface area contributed by atoms with Gasteiger partial charge in [-0.15, -0.1) is 0 Å². The lowest BCUT2D eigenvalue weighted by Gasteiger charge is -1.93. The van der Waals surface area contributed by atoms with E-state index in [2.05, 4.69) is 31.0 Å². The molecule has 1 aliphatic heterocycles. The molecule has 0 aromatic rings. The van der Waals surface area contributed by atoms with Crippen molar-refractivity contribution in [3.05, 3.63) is 35.2 Å². The molecule has 0 aromatic heterocycles. The highest BCUT2D eigenvalue weighted by molar-refractivity contribution is 7.44. The molecule has 0 unspecified atom stereocenters. The van der Waals surface area contributed by atoms with Crippen LogP contribution in [0.25, 0.3) is 0 Å². The van der Waals surface area contributed by atoms with Crippen molar-refractivity contribution in [2.75, 3.05) is 0 Å². The summed E-state index contributed by atoms with van der Waals surface area (Å²) in [6.45, 7) is 2.11. The molecular formula is C8H6P. The van der Waals surface area contributed by atoms with Gasteiger partial charge in [0.1, 0.15) is 0 Å². The maximum absolute atomic E-state index is 3.25. The van der Waals surface area contributed by atoms with Gasteiger partial charge in [-0.3, -0.25) is 0 Å². The van der Waals surface area contributed by atoms with Gasteiger partial charge in [0, 0.05) is 11.1 Å². The van der Waals surface area contributed by atoms with E-state index in [4.69, 9.17) is 0 Å². The summed E-state index contributed by atoms with van der Waals surface area (Å²) in [5.41, 5.74) is 2.69. The van der Waals surface area contributed by atoms with Crippen LogP contribution in [0.1, 0.15) is 6.92 Å². The molecule has 43 valence electrons. The van der Waals surface area contributed by atoms with E-state index in [1.54, 1.807) is 0 Å². The molecule has 2 aliphatic rings. The first-order chi connectivity index (χ1) is 4.38. The Kier molecular flexibility index (Phi) is 0.972. The Morgan fingerprint density at radius 1 is 1.56 bits per heavy atom. The van der Waals surface area contributed by atoms with Crippen molar-refractivity contribution in [2.24, 2.45) is 0 Å². The minimum absolute atomic E-state index is 1.25. The third-order valence-corrected chi connectivity index (χ3v) is 2.62. The van der Waals surface area contributed by atoms with Crippen LogP contribution in [0.3, 0.4) is 0 Å². The van der Waals surface area contributed by atoms with E-state index in [1.807, 2.05) is 0 Å². The van der Waals surface area contributed by atoms with Crippen LogP contribution in [0.4, 0.5) is 0 Å². The van der Waals surface area contributed by atoms with Crippen molar-refractivity contribution < 1.29 is 0 Å². The van der Waals surface area contributed by atoms with Gasteiger partial charge in [-0.05, 0) is 24.1 Å². The van der Waals surface area contributed by atoms with Gasteiger partial charge in [0.05, 0.1) is 0 Å². The molecule has 0 saturated carbocycles. The minimum atomic E-state index is 1.25. The molecule has 1 aliphatic carbocycles. The molecule has 0 bridgehead atoms. The first kappa shape index (κ1) is 5.20. The van der Waals surface area contributed by atoms with Gasteiger partial charge in [-0.1, -0.05) is 20.4 Å². The molecule has 0 aromatic carbocycles. The second kappa shape index (κ2) is 1.68. The molecule has 0 saturated heterocycles. The van der Waals surface area contributed by atoms with Gasteiger partial charge in [0.15, 0.2) is 0 Å². The molecule has 0 N–H and O–H groups in total. The first-order valence-electron chi connectivity index (χ1n) is 2.94. The van der Waals surface area contributed by atoms with Crippen molar-refractivity contribution in [2.45, 2.75) is 6.92 Å². The Hall–Kier alpha value is -0.610. The van der Waals surface area contributed by atoms with Gasteiger partial charge < -0.3 is 0 Å². The smallest absolute Gasteiger partial charge is 0.0181 e. The fourth-order valence-corrected chi connectivity index (χ4v) is 1.96. The zero-order chi connectivity index (χ0) is 6.27. The van der Waals surface area contributed by atoms with Crippen LogP contribution in [0, 0.1) is 5.82 Å². The molecule has 1 radical (unpaired) electrons. The maximum atomic E-state index is 3.25. The van der Waals surface area contributed by atoms with Crippen LogP contribution in [-0.4, -0.2) is 5.29 Å². The van der Waals surface area contributed by atoms with Gasteiger partial charge in [-0.2, -0.15) is 0 Å². The van der Waals surface area contributed by atoms with E-state index in [0.29, 0.717) is 0 Å². The standard InChI is InChI=1S/C8H6P/c1-6-5-9-8-4-2-3-7(6)8/h2-4H,1H3. The van der Waals surface area contributed by atoms with E-state index in [9.17, 15) is 0 Å². The average molecular weight is 133 g/mol. The van der Waals surface area contributed by atoms with E-state index in [-0.39, 0.29) is 0 Å². The van der Waals surface area contributed by atoms with Crippen LogP contribution >= 0.6 is 8.20 Å². The highest BCUT2D eigenvalue weighted by atomic mass is 31.1. The fraction of sp³-hybridized carbons (Fsp3) is 0.125. The summed E-state index contributed by atoms with van der Waals surface area (Å²) in [6, 6.07) is 0. The van der Waals surface area contributed by atoms with Crippen molar-refractivity contribution in [3.8, 4) is 0 Å². The van der Waals surface area contributed by atoms with Crippen LogP contribution in [0.5, 0.6) is 0 Å². The van der Waals surface area contributed by atoms with Crippen molar-refractivity contribution in [3.63, 3.8) is 0 Å². The van der Waals surface area contributed by atoms with Gasteiger partial charge >= 0.3 is 0 Å². The molecule has 9 heavy (non-hydrogen) atoms. The molecular weight excluding hydrogens is 127 g/mol. The highest BCUT2D eigenvalue weighted by Gasteiger charge is 2.12. The number of fused-ring (bicyclic) bond motifs is 1. The van der Waals surface area contributed by atoms with Crippen LogP contribution in [0.2, 0.25) is 0 Å². The van der Waals surface area contributed by atoms with Crippen molar-refractivity contribution in [1.82, 2.24) is 0 Å². The van der Waals surface area contributed by atoms with E-state index >= 15 is 0 Å². The lowest BCUT2D eigenvalue weighted by atomic mass is 10.1. The SMILES string of the molecule is CC1=[C]P=C2C=CC=C12. The third kappa shape index (κ3) is 0.635. The second-order valence-corrected chi connectivity index (χ2v) is 3.10. The molecule has 1 heteroatoms. The Morgan fingerprint density at radius 3 is 3.22 bits per heavy atom. The Bertz CT molecular complexity index is 264. The van der Waals surface area contributed by atoms with Gasteiger partial charge in [0.25, 0.3) is 0 Å². The first-order valence-corrected chi connectivity index (χ1v) is 3.84. The van der Waals surface area contributed by atoms with Gasteiger partial charge in [-0.25, -0.2) is 0 Å². The molecule has 2 rings (SSSR count). The Balaban J connectivity index is 2.53. The van der Waals surface area contributed by atoms with Crippen molar-refractivity contribution >= 4 is 13.5 Å². The molecule has 0 atom stereocenters. The number of allylic oxidation sites excluding steroid dienone is 5. The van der Waals surface area contributed by atoms with E-state index < -0.39 is 0 Å². The number of rotatable bonds is 0. The average Bonchev–Trinajstić information content (AvgIpc) is 2.35. The molecule has 1 heterocycles. The third-order valence-electron chi connectivity index (χ3n) is 1.54. The predicted molar refractivity (Wildman–Crippen MR) is 41.6 cm³/mol. The summed E-state index contributed by atoms with van der Waals surface area (Å²) >= 11 is 0. The van der Waals surface area contributed by atoms with E-state index in [0.717, 1.165) is 0 Å². The Labute approximate surface area is 56.4 Å². The molecule has 0 amide bonds. The number of hydrogen-bond acceptors (Lipinski definition) is 0. The maximum Gasteiger partial charge on any atom is 0.0181 e. The summed E-state index contributed by atoms with van der Waals surface area (Å²) in [6.07, 6.45) is 6.40. The summed E-state index contributed by atoms with van der Waals surface area (Å²) in [5, 5.41) is 1.41. The summed E-state index contributed by atoms with van der Waals surface area (Å²) in [4.78, 5) is 0. The molecule has 0 nitrogen and oxygen atoms in total. The predicted octanol–water partition coefficient (Wildman–Crippen LogP) is 2.32. The lowest BCUT2D eigenvalue weighted by molar-refractivity contribution is 1.50. The minimum Gasteiger partial charge on any atom is -0.0607 e. The number of hydrogen-bond donors (Lipinski definition) is 0. The summed E-state index contributed by atoms with van der Waals surface area (Å²) in [5.74, 6) is 3.25. The lowest BCUT2D eigenvalue weighted by Crippen LogP contribution is -1.87. The topological polar surface area (TPSA) is 0 Å². The zero-order valence-corrected chi connectivity index (χ0v) is 6.07. The normalized spacial score (nSPS) is 23.0. The second-order valence-electron chi connectivity index (χ2n) is 2.17. The monoisotopic (exact) mass is 133 g/mol. The summed E-state index contributed by atoms with van der Waals surface area (Å²) in [7, 11) is 1.25. The fourth-order valence-electron chi connectivity index (χ4n) is 1.03. The van der Waals surface area contributed by atoms with Crippen LogP contribution in [-0.2, 0) is 0 Å². The molecule has 0 spiro atoms. The summed E-state index contributed by atoms with van der Waals surface area (Å²) < 4.78 is 0. The van der Waals surface area contributed by atoms with Gasteiger partial charge in [0.2, 0.25) is 0 Å². The molecule has 0 fully saturated rings. The van der Waals surface area contributed by atoms with Crippen LogP contribution < -0.4 is 0 Å². The Morgan fingerprint density at radius 2 is 2.44 bits per heavy atom. The highest BCUT2D eigenvalue weighted by Crippen LogP contribution is 2.29. The quantitative estimate of drug-likeness (QED) is 0.445.